The van der Waals surface area contributed by atoms with Crippen molar-refractivity contribution in [3.63, 3.8) is 0 Å². The quantitative estimate of drug-likeness (QED) is 0.588. The smallest absolute Gasteiger partial charge is 0.299 e. The van der Waals surface area contributed by atoms with E-state index in [2.05, 4.69) is 0 Å². The lowest BCUT2D eigenvalue weighted by atomic mass is 9.82. The number of hydrogen-bond donors (Lipinski definition) is 3. The molecule has 3 rings (SSSR count). The van der Waals surface area contributed by atoms with Gasteiger partial charge >= 0.3 is 0 Å². The monoisotopic (exact) mass is 320 g/mol. The SMILES string of the molecule is O=C1c2ccccc2C(=O)c2c(CO)cccc21.O=S(O)O. The van der Waals surface area contributed by atoms with E-state index in [1.807, 2.05) is 0 Å². The Hall–Kier alpha value is -2.19. The Labute approximate surface area is 128 Å². The van der Waals surface area contributed by atoms with Crippen LogP contribution in [0.5, 0.6) is 0 Å². The lowest BCUT2D eigenvalue weighted by molar-refractivity contribution is 0.0977. The second-order valence-corrected chi connectivity index (χ2v) is 4.89. The highest BCUT2D eigenvalue weighted by molar-refractivity contribution is 7.73. The summed E-state index contributed by atoms with van der Waals surface area (Å²) < 4.78 is 22.8. The molecule has 1 aliphatic rings. The van der Waals surface area contributed by atoms with Crippen molar-refractivity contribution in [1.82, 2.24) is 0 Å². The molecule has 0 amide bonds. The minimum Gasteiger partial charge on any atom is -0.392 e. The van der Waals surface area contributed by atoms with E-state index >= 15 is 0 Å². The van der Waals surface area contributed by atoms with Crippen molar-refractivity contribution in [2.24, 2.45) is 0 Å². The van der Waals surface area contributed by atoms with Crippen LogP contribution in [0.15, 0.2) is 42.5 Å². The minimum atomic E-state index is -2.61. The first-order valence-electron chi connectivity index (χ1n) is 6.18. The van der Waals surface area contributed by atoms with E-state index in [1.54, 1.807) is 42.5 Å². The molecule has 22 heavy (non-hydrogen) atoms. The summed E-state index contributed by atoms with van der Waals surface area (Å²) in [6, 6.07) is 11.8. The van der Waals surface area contributed by atoms with Crippen molar-refractivity contribution in [1.29, 1.82) is 0 Å². The summed E-state index contributed by atoms with van der Waals surface area (Å²) in [7, 11) is 0. The maximum Gasteiger partial charge on any atom is 0.299 e. The molecule has 6 nitrogen and oxygen atoms in total. The second kappa shape index (κ2) is 6.71. The largest absolute Gasteiger partial charge is 0.392 e. The van der Waals surface area contributed by atoms with E-state index in [4.69, 9.17) is 13.3 Å². The molecular formula is C15H12O6S. The first kappa shape index (κ1) is 16.2. The molecule has 0 heterocycles. The predicted octanol–water partition coefficient (Wildman–Crippen LogP) is 1.64. The summed E-state index contributed by atoms with van der Waals surface area (Å²) in [4.78, 5) is 24.7. The molecule has 0 saturated heterocycles. The van der Waals surface area contributed by atoms with Crippen molar-refractivity contribution < 1.29 is 28.0 Å². The Bertz CT molecular complexity index is 764. The van der Waals surface area contributed by atoms with Gasteiger partial charge in [0.2, 0.25) is 0 Å². The molecule has 2 aromatic carbocycles. The highest BCUT2D eigenvalue weighted by atomic mass is 32.2. The summed E-state index contributed by atoms with van der Waals surface area (Å²) in [5.41, 5.74) is 2.07. The van der Waals surface area contributed by atoms with Crippen LogP contribution in [-0.4, -0.2) is 30.0 Å². The third-order valence-electron chi connectivity index (χ3n) is 3.21. The lowest BCUT2D eigenvalue weighted by Crippen LogP contribution is -2.22. The number of rotatable bonds is 1. The Balaban J connectivity index is 0.000000396. The Morgan fingerprint density at radius 1 is 0.818 bits per heavy atom. The van der Waals surface area contributed by atoms with Gasteiger partial charge in [-0.3, -0.25) is 18.7 Å². The van der Waals surface area contributed by atoms with E-state index < -0.39 is 11.4 Å². The van der Waals surface area contributed by atoms with Crippen LogP contribution in [0, 0.1) is 0 Å². The van der Waals surface area contributed by atoms with E-state index in [9.17, 15) is 14.7 Å². The molecule has 0 atom stereocenters. The van der Waals surface area contributed by atoms with Crippen molar-refractivity contribution in [3.8, 4) is 0 Å². The number of hydrogen-bond acceptors (Lipinski definition) is 4. The van der Waals surface area contributed by atoms with Gasteiger partial charge in [-0.05, 0) is 5.56 Å². The predicted molar refractivity (Wildman–Crippen MR) is 79.1 cm³/mol. The number of ketones is 2. The van der Waals surface area contributed by atoms with Crippen LogP contribution in [0.2, 0.25) is 0 Å². The standard InChI is InChI=1S/C15H10O3.H2O3S/c16-8-9-4-3-7-12-13(9)15(18)11-6-2-1-5-10(11)14(12)17;1-4(2)3/h1-7,16H,8H2;(H2,1,2,3). The summed E-state index contributed by atoms with van der Waals surface area (Å²) in [6.45, 7) is -0.246. The maximum absolute atomic E-state index is 12.4. The van der Waals surface area contributed by atoms with Crippen molar-refractivity contribution in [2.75, 3.05) is 0 Å². The number of aliphatic hydroxyl groups excluding tert-OH is 1. The van der Waals surface area contributed by atoms with Gasteiger partial charge in [-0.15, -0.1) is 0 Å². The van der Waals surface area contributed by atoms with Crippen LogP contribution in [0.4, 0.5) is 0 Å². The molecule has 0 fully saturated rings. The van der Waals surface area contributed by atoms with Crippen LogP contribution >= 0.6 is 0 Å². The van der Waals surface area contributed by atoms with Gasteiger partial charge in [0.15, 0.2) is 11.6 Å². The molecule has 0 unspecified atom stereocenters. The second-order valence-electron chi connectivity index (χ2n) is 4.43. The Kier molecular flexibility index (Phi) is 4.94. The van der Waals surface area contributed by atoms with Crippen molar-refractivity contribution >= 4 is 22.9 Å². The van der Waals surface area contributed by atoms with E-state index in [0.29, 0.717) is 27.8 Å². The van der Waals surface area contributed by atoms with Gasteiger partial charge in [-0.25, -0.2) is 0 Å². The molecule has 1 aliphatic carbocycles. The van der Waals surface area contributed by atoms with Gasteiger partial charge in [0, 0.05) is 22.3 Å². The molecule has 0 bridgehead atoms. The Morgan fingerprint density at radius 3 is 1.86 bits per heavy atom. The maximum atomic E-state index is 12.4. The summed E-state index contributed by atoms with van der Waals surface area (Å²) in [5, 5.41) is 9.28. The molecule has 0 aliphatic heterocycles. The van der Waals surface area contributed by atoms with E-state index in [1.165, 1.54) is 0 Å². The highest BCUT2D eigenvalue weighted by Gasteiger charge is 2.30. The number of carbonyl (C=O) groups excluding carboxylic acids is 2. The van der Waals surface area contributed by atoms with Crippen molar-refractivity contribution in [3.05, 3.63) is 70.3 Å². The van der Waals surface area contributed by atoms with E-state index in [-0.39, 0.29) is 18.2 Å². The number of aliphatic hydroxyl groups is 1. The van der Waals surface area contributed by atoms with Crippen LogP contribution in [-0.2, 0) is 18.0 Å². The van der Waals surface area contributed by atoms with Gasteiger partial charge in [-0.2, -0.15) is 4.21 Å². The highest BCUT2D eigenvalue weighted by Crippen LogP contribution is 2.29. The van der Waals surface area contributed by atoms with Gasteiger partial charge in [0.1, 0.15) is 0 Å². The average molecular weight is 320 g/mol. The zero-order valence-corrected chi connectivity index (χ0v) is 12.0. The third kappa shape index (κ3) is 3.02. The molecule has 114 valence electrons. The number of fused-ring (bicyclic) bond motifs is 2. The fourth-order valence-corrected chi connectivity index (χ4v) is 2.35. The summed E-state index contributed by atoms with van der Waals surface area (Å²) >= 11 is -2.61. The topological polar surface area (TPSA) is 112 Å². The molecule has 3 N–H and O–H groups in total. The summed E-state index contributed by atoms with van der Waals surface area (Å²) in [5.74, 6) is -0.347. The third-order valence-corrected chi connectivity index (χ3v) is 3.21. The average Bonchev–Trinajstić information content (AvgIpc) is 2.51. The molecule has 0 radical (unpaired) electrons. The molecular weight excluding hydrogens is 308 g/mol. The fraction of sp³-hybridized carbons (Fsp3) is 0.0667. The number of carbonyl (C=O) groups is 2. The Morgan fingerprint density at radius 2 is 1.32 bits per heavy atom. The van der Waals surface area contributed by atoms with E-state index in [0.717, 1.165) is 0 Å². The normalized spacial score (nSPS) is 12.4. The first-order chi connectivity index (χ1) is 10.5. The molecule has 2 aromatic rings. The lowest BCUT2D eigenvalue weighted by Gasteiger charge is -2.19. The minimum absolute atomic E-state index is 0.157. The van der Waals surface area contributed by atoms with Gasteiger partial charge in [-0.1, -0.05) is 42.5 Å². The first-order valence-corrected chi connectivity index (χ1v) is 7.24. The van der Waals surface area contributed by atoms with Gasteiger partial charge in [0.25, 0.3) is 11.4 Å². The van der Waals surface area contributed by atoms with Crippen LogP contribution < -0.4 is 0 Å². The molecule has 0 saturated carbocycles. The molecule has 7 heteroatoms. The zero-order chi connectivity index (χ0) is 16.3. The fourth-order valence-electron chi connectivity index (χ4n) is 2.35. The number of benzene rings is 2. The summed E-state index contributed by atoms with van der Waals surface area (Å²) in [6.07, 6.45) is 0. The van der Waals surface area contributed by atoms with Gasteiger partial charge in [0.05, 0.1) is 6.61 Å². The van der Waals surface area contributed by atoms with Crippen LogP contribution in [0.3, 0.4) is 0 Å². The van der Waals surface area contributed by atoms with Gasteiger partial charge < -0.3 is 5.11 Å². The van der Waals surface area contributed by atoms with Crippen molar-refractivity contribution in [2.45, 2.75) is 6.61 Å². The van der Waals surface area contributed by atoms with Crippen LogP contribution in [0.25, 0.3) is 0 Å². The molecule has 0 aromatic heterocycles. The molecule has 0 spiro atoms. The zero-order valence-electron chi connectivity index (χ0n) is 11.2. The van der Waals surface area contributed by atoms with Crippen LogP contribution in [0.1, 0.15) is 37.4 Å².